The molecule has 0 fully saturated rings. The maximum absolute atomic E-state index is 12.9. The summed E-state index contributed by atoms with van der Waals surface area (Å²) in [6.45, 7) is 6.14. The van der Waals surface area contributed by atoms with Crippen molar-refractivity contribution in [2.75, 3.05) is 13.2 Å². The summed E-state index contributed by atoms with van der Waals surface area (Å²) < 4.78 is 16.7. The molecule has 6 nitrogen and oxygen atoms in total. The number of hydrogen-bond acceptors (Lipinski definition) is 6. The Hall–Kier alpha value is -5.49. The molecule has 1 unspecified atom stereocenters. The number of ether oxygens (including phenoxy) is 3. The molecule has 0 amide bonds. The van der Waals surface area contributed by atoms with Crippen LogP contribution in [-0.4, -0.2) is 37.2 Å². The minimum Gasteiger partial charge on any atom is -0.462 e. The molecule has 75 heavy (non-hydrogen) atoms. The summed E-state index contributed by atoms with van der Waals surface area (Å²) in [6, 6.07) is 0. The molecule has 0 aliphatic carbocycles. The van der Waals surface area contributed by atoms with E-state index in [-0.39, 0.29) is 44.4 Å². The van der Waals surface area contributed by atoms with Crippen molar-refractivity contribution < 1.29 is 28.6 Å². The third-order valence-electron chi connectivity index (χ3n) is 11.4. The highest BCUT2D eigenvalue weighted by Gasteiger charge is 2.19. The lowest BCUT2D eigenvalue weighted by Crippen LogP contribution is -2.30. The molecule has 416 valence electrons. The molecule has 0 saturated carbocycles. The predicted octanol–water partition coefficient (Wildman–Crippen LogP) is 20.1. The van der Waals surface area contributed by atoms with Crippen LogP contribution in [0.25, 0.3) is 0 Å². The maximum atomic E-state index is 12.9. The van der Waals surface area contributed by atoms with Crippen molar-refractivity contribution in [1.29, 1.82) is 0 Å². The van der Waals surface area contributed by atoms with Crippen LogP contribution in [0.3, 0.4) is 0 Å². The number of carbonyl (C=O) groups is 3. The van der Waals surface area contributed by atoms with Gasteiger partial charge < -0.3 is 14.2 Å². The number of carbonyl (C=O) groups excluding carboxylic acids is 3. The van der Waals surface area contributed by atoms with Gasteiger partial charge in [0.05, 0.1) is 6.42 Å². The number of esters is 3. The summed E-state index contributed by atoms with van der Waals surface area (Å²) in [5.74, 6) is -1.14. The standard InChI is InChI=1S/C69H104O6/c1-4-7-10-13-16-19-22-25-28-30-32-34-36-38-41-44-47-50-53-56-59-62-68(71)74-65-66(64-73-67(70)61-58-55-52-49-46-43-40-27-24-21-18-15-12-9-6-3)75-69(72)63-60-57-54-51-48-45-42-39-37-35-33-31-29-26-23-20-17-14-11-8-5-2/h7-12,16-21,25-29,32-35,38,40-41,46-47,49-50,55,58,66H,4-6,13-15,22-24,30-31,36-37,39,42-45,48,51-54,56-57,59-65H2,1-3H3/b10-7-,11-8-,12-9-,19-16-,20-17-,21-18-,28-25-,29-26-,34-32-,35-33-,40-27-,41-38-,49-46-,50-47-,58-55-. The van der Waals surface area contributed by atoms with Crippen molar-refractivity contribution in [2.45, 2.75) is 219 Å². The molecule has 0 aliphatic rings. The molecule has 0 aromatic carbocycles. The monoisotopic (exact) mass is 1030 g/mol. The van der Waals surface area contributed by atoms with E-state index in [1.807, 2.05) is 6.08 Å². The zero-order valence-electron chi connectivity index (χ0n) is 47.5. The minimum absolute atomic E-state index is 0.107. The van der Waals surface area contributed by atoms with Crippen LogP contribution in [-0.2, 0) is 28.6 Å². The van der Waals surface area contributed by atoms with Crippen molar-refractivity contribution in [3.63, 3.8) is 0 Å². The van der Waals surface area contributed by atoms with Crippen molar-refractivity contribution in [2.24, 2.45) is 0 Å². The zero-order valence-corrected chi connectivity index (χ0v) is 47.5. The van der Waals surface area contributed by atoms with Gasteiger partial charge in [0, 0.05) is 12.8 Å². The van der Waals surface area contributed by atoms with Crippen molar-refractivity contribution >= 4 is 17.9 Å². The van der Waals surface area contributed by atoms with Gasteiger partial charge in [-0.25, -0.2) is 0 Å². The first kappa shape index (κ1) is 69.5. The third kappa shape index (κ3) is 59.3. The molecule has 0 aliphatic heterocycles. The quantitative estimate of drug-likeness (QED) is 0.0261. The van der Waals surface area contributed by atoms with Gasteiger partial charge in [-0.05, 0) is 135 Å². The van der Waals surface area contributed by atoms with Crippen LogP contribution < -0.4 is 0 Å². The van der Waals surface area contributed by atoms with Crippen LogP contribution >= 0.6 is 0 Å². The van der Waals surface area contributed by atoms with Gasteiger partial charge in [-0.1, -0.05) is 242 Å². The summed E-state index contributed by atoms with van der Waals surface area (Å²) in [4.78, 5) is 38.2. The van der Waals surface area contributed by atoms with E-state index in [1.165, 1.54) is 25.7 Å². The van der Waals surface area contributed by atoms with Gasteiger partial charge in [0.2, 0.25) is 0 Å². The van der Waals surface area contributed by atoms with E-state index in [2.05, 4.69) is 191 Å². The molecule has 0 N–H and O–H groups in total. The van der Waals surface area contributed by atoms with Crippen molar-refractivity contribution in [3.8, 4) is 0 Å². The molecule has 6 heteroatoms. The number of hydrogen-bond donors (Lipinski definition) is 0. The normalized spacial score (nSPS) is 13.5. The minimum atomic E-state index is -0.852. The van der Waals surface area contributed by atoms with Gasteiger partial charge in [-0.15, -0.1) is 0 Å². The molecule has 0 bridgehead atoms. The Labute approximate surface area is 459 Å². The summed E-state index contributed by atoms with van der Waals surface area (Å²) in [5, 5.41) is 0. The van der Waals surface area contributed by atoms with Gasteiger partial charge in [0.15, 0.2) is 6.10 Å². The van der Waals surface area contributed by atoms with Crippen LogP contribution in [0.1, 0.15) is 213 Å². The Morgan fingerprint density at radius 3 is 0.893 bits per heavy atom. The smallest absolute Gasteiger partial charge is 0.309 e. The first-order valence-corrected chi connectivity index (χ1v) is 29.3. The van der Waals surface area contributed by atoms with E-state index in [4.69, 9.17) is 14.2 Å². The molecule has 0 spiro atoms. The summed E-state index contributed by atoms with van der Waals surface area (Å²) in [7, 11) is 0. The molecule has 0 saturated heterocycles. The SMILES string of the molecule is CC/C=C\C/C=C\C/C=C\C/C=C\C/C=C\C/C=C\CCCCC(=O)OCC(COC(=O)C/C=C\C/C=C\C/C=C\C/C=C\C/C=C\CC)OC(=O)CCCCCCCCCC/C=C\C/C=C\C/C=C\C/C=C\CC. The van der Waals surface area contributed by atoms with Gasteiger partial charge in [0.1, 0.15) is 13.2 Å². The molecular weight excluding hydrogens is 925 g/mol. The second kappa shape index (κ2) is 61.1. The van der Waals surface area contributed by atoms with Crippen molar-refractivity contribution in [3.05, 3.63) is 182 Å². The zero-order chi connectivity index (χ0) is 54.3. The van der Waals surface area contributed by atoms with E-state index in [0.29, 0.717) is 6.42 Å². The van der Waals surface area contributed by atoms with Crippen LogP contribution in [0.2, 0.25) is 0 Å². The topological polar surface area (TPSA) is 78.9 Å². The van der Waals surface area contributed by atoms with Crippen LogP contribution in [0.5, 0.6) is 0 Å². The summed E-state index contributed by atoms with van der Waals surface area (Å²) in [5.41, 5.74) is 0. The summed E-state index contributed by atoms with van der Waals surface area (Å²) in [6.07, 6.45) is 91.9. The van der Waals surface area contributed by atoms with E-state index < -0.39 is 12.1 Å². The molecule has 0 aromatic heterocycles. The van der Waals surface area contributed by atoms with E-state index >= 15 is 0 Å². The Morgan fingerprint density at radius 2 is 0.533 bits per heavy atom. The molecular formula is C69H104O6. The second-order valence-electron chi connectivity index (χ2n) is 18.4. The molecule has 0 aromatic rings. The summed E-state index contributed by atoms with van der Waals surface area (Å²) >= 11 is 0. The Balaban J connectivity index is 4.61. The van der Waals surface area contributed by atoms with Gasteiger partial charge in [0.25, 0.3) is 0 Å². The fourth-order valence-corrected chi connectivity index (χ4v) is 7.16. The Kier molecular flexibility index (Phi) is 56.6. The lowest BCUT2D eigenvalue weighted by molar-refractivity contribution is -0.166. The average Bonchev–Trinajstić information content (AvgIpc) is 3.41. The molecule has 0 rings (SSSR count). The lowest BCUT2D eigenvalue weighted by Gasteiger charge is -2.18. The van der Waals surface area contributed by atoms with Crippen LogP contribution in [0.15, 0.2) is 182 Å². The van der Waals surface area contributed by atoms with Gasteiger partial charge in [-0.3, -0.25) is 14.4 Å². The predicted molar refractivity (Wildman–Crippen MR) is 324 cm³/mol. The maximum Gasteiger partial charge on any atom is 0.309 e. The molecule has 1 atom stereocenters. The van der Waals surface area contributed by atoms with Gasteiger partial charge in [-0.2, -0.15) is 0 Å². The first-order chi connectivity index (χ1) is 37.0. The number of allylic oxidation sites excluding steroid dienone is 29. The Morgan fingerprint density at radius 1 is 0.280 bits per heavy atom. The highest BCUT2D eigenvalue weighted by atomic mass is 16.6. The fraction of sp³-hybridized carbons (Fsp3) is 0.522. The second-order valence-corrected chi connectivity index (χ2v) is 18.4. The van der Waals surface area contributed by atoms with E-state index in [0.717, 1.165) is 141 Å². The highest BCUT2D eigenvalue weighted by Crippen LogP contribution is 2.13. The van der Waals surface area contributed by atoms with Crippen molar-refractivity contribution in [1.82, 2.24) is 0 Å². The number of unbranched alkanes of at least 4 members (excludes halogenated alkanes) is 10. The van der Waals surface area contributed by atoms with Crippen LogP contribution in [0, 0.1) is 0 Å². The Bertz CT molecular complexity index is 1800. The average molecular weight is 1030 g/mol. The molecule has 0 radical (unpaired) electrons. The van der Waals surface area contributed by atoms with Gasteiger partial charge >= 0.3 is 17.9 Å². The molecule has 0 heterocycles. The first-order valence-electron chi connectivity index (χ1n) is 29.3. The fourth-order valence-electron chi connectivity index (χ4n) is 7.16. The van der Waals surface area contributed by atoms with E-state index in [1.54, 1.807) is 6.08 Å². The number of rotatable bonds is 50. The lowest BCUT2D eigenvalue weighted by atomic mass is 10.1. The largest absolute Gasteiger partial charge is 0.462 e. The highest BCUT2D eigenvalue weighted by molar-refractivity contribution is 5.72. The third-order valence-corrected chi connectivity index (χ3v) is 11.4. The van der Waals surface area contributed by atoms with Crippen LogP contribution in [0.4, 0.5) is 0 Å². The van der Waals surface area contributed by atoms with E-state index in [9.17, 15) is 14.4 Å².